The molecule has 1 N–H and O–H groups in total. The molecule has 0 saturated carbocycles. The molecule has 0 aliphatic rings. The Balaban J connectivity index is 2.48. The smallest absolute Gasteiger partial charge is 0.384 e. The standard InChI is InChI=1S/C12H14N2O3/c1-2-3-8-17-11-9-6-4-5-7-10(9)14(16)12(15)13-11/h4-7,16H,2-3,8H2,1H3. The van der Waals surface area contributed by atoms with Crippen LogP contribution < -0.4 is 10.4 Å². The van der Waals surface area contributed by atoms with Crippen molar-refractivity contribution in [2.45, 2.75) is 19.8 Å². The highest BCUT2D eigenvalue weighted by molar-refractivity contribution is 5.83. The number of nitrogens with zero attached hydrogens (tertiary/aromatic N) is 2. The molecular formula is C12H14N2O3. The van der Waals surface area contributed by atoms with E-state index in [4.69, 9.17) is 4.74 Å². The molecule has 1 heterocycles. The maximum absolute atomic E-state index is 11.4. The first kappa shape index (κ1) is 11.4. The van der Waals surface area contributed by atoms with Gasteiger partial charge in [-0.15, -0.1) is 4.73 Å². The first-order valence-corrected chi connectivity index (χ1v) is 5.58. The van der Waals surface area contributed by atoms with Gasteiger partial charge < -0.3 is 9.94 Å². The molecule has 1 aromatic heterocycles. The summed E-state index contributed by atoms with van der Waals surface area (Å²) in [4.78, 5) is 15.1. The number of hydrogen-bond acceptors (Lipinski definition) is 4. The fourth-order valence-corrected chi connectivity index (χ4v) is 1.56. The summed E-state index contributed by atoms with van der Waals surface area (Å²) < 4.78 is 5.99. The van der Waals surface area contributed by atoms with Crippen LogP contribution in [-0.2, 0) is 0 Å². The molecule has 17 heavy (non-hydrogen) atoms. The van der Waals surface area contributed by atoms with Gasteiger partial charge in [-0.3, -0.25) is 0 Å². The maximum atomic E-state index is 11.4. The Kier molecular flexibility index (Phi) is 3.27. The third-order valence-corrected chi connectivity index (χ3v) is 2.48. The van der Waals surface area contributed by atoms with Crippen LogP contribution in [0, 0.1) is 0 Å². The minimum Gasteiger partial charge on any atom is -0.477 e. The summed E-state index contributed by atoms with van der Waals surface area (Å²) in [7, 11) is 0. The fraction of sp³-hybridized carbons (Fsp3) is 0.333. The van der Waals surface area contributed by atoms with Gasteiger partial charge in [0.25, 0.3) is 0 Å². The molecule has 5 heteroatoms. The maximum Gasteiger partial charge on any atom is 0.384 e. The highest BCUT2D eigenvalue weighted by atomic mass is 16.5. The van der Waals surface area contributed by atoms with E-state index in [0.717, 1.165) is 12.8 Å². The largest absolute Gasteiger partial charge is 0.477 e. The molecule has 0 atom stereocenters. The molecule has 0 amide bonds. The molecule has 0 aliphatic heterocycles. The van der Waals surface area contributed by atoms with Crippen molar-refractivity contribution in [1.82, 2.24) is 9.71 Å². The zero-order chi connectivity index (χ0) is 12.3. The number of ether oxygens (including phenoxy) is 1. The summed E-state index contributed by atoms with van der Waals surface area (Å²) in [5.41, 5.74) is -0.325. The molecule has 5 nitrogen and oxygen atoms in total. The topological polar surface area (TPSA) is 64.3 Å². The molecule has 0 spiro atoms. The monoisotopic (exact) mass is 234 g/mol. The lowest BCUT2D eigenvalue weighted by Crippen LogP contribution is -2.22. The first-order valence-electron chi connectivity index (χ1n) is 5.58. The zero-order valence-electron chi connectivity index (χ0n) is 9.59. The van der Waals surface area contributed by atoms with E-state index in [1.54, 1.807) is 24.3 Å². The minimum absolute atomic E-state index is 0.282. The van der Waals surface area contributed by atoms with Gasteiger partial charge in [-0.2, -0.15) is 4.98 Å². The van der Waals surface area contributed by atoms with Gasteiger partial charge in [0.2, 0.25) is 5.88 Å². The van der Waals surface area contributed by atoms with Crippen molar-refractivity contribution >= 4 is 10.9 Å². The third-order valence-electron chi connectivity index (χ3n) is 2.48. The number of hydrogen-bond donors (Lipinski definition) is 1. The van der Waals surface area contributed by atoms with Crippen molar-refractivity contribution < 1.29 is 9.94 Å². The average molecular weight is 234 g/mol. The highest BCUT2D eigenvalue weighted by Gasteiger charge is 2.09. The van der Waals surface area contributed by atoms with Crippen molar-refractivity contribution in [2.75, 3.05) is 6.61 Å². The summed E-state index contributed by atoms with van der Waals surface area (Å²) in [6.45, 7) is 2.57. The number of unbranched alkanes of at least 4 members (excludes halogenated alkanes) is 1. The van der Waals surface area contributed by atoms with E-state index in [2.05, 4.69) is 11.9 Å². The Morgan fingerprint density at radius 1 is 1.41 bits per heavy atom. The summed E-state index contributed by atoms with van der Waals surface area (Å²) in [5, 5.41) is 10.2. The fourth-order valence-electron chi connectivity index (χ4n) is 1.56. The number of para-hydroxylation sites is 1. The van der Waals surface area contributed by atoms with E-state index in [-0.39, 0.29) is 5.88 Å². The van der Waals surface area contributed by atoms with E-state index in [9.17, 15) is 10.0 Å². The number of rotatable bonds is 4. The molecule has 0 fully saturated rings. The van der Waals surface area contributed by atoms with Gasteiger partial charge in [0, 0.05) is 0 Å². The Morgan fingerprint density at radius 3 is 2.94 bits per heavy atom. The second-order valence-corrected chi connectivity index (χ2v) is 3.73. The second kappa shape index (κ2) is 4.86. The Hall–Kier alpha value is -2.04. The van der Waals surface area contributed by atoms with E-state index in [1.807, 2.05) is 0 Å². The predicted octanol–water partition coefficient (Wildman–Crippen LogP) is 1.81. The van der Waals surface area contributed by atoms with E-state index >= 15 is 0 Å². The van der Waals surface area contributed by atoms with E-state index < -0.39 is 5.69 Å². The number of benzene rings is 1. The molecule has 2 rings (SSSR count). The van der Waals surface area contributed by atoms with Crippen LogP contribution >= 0.6 is 0 Å². The lowest BCUT2D eigenvalue weighted by molar-refractivity contribution is 0.181. The normalized spacial score (nSPS) is 10.6. The van der Waals surface area contributed by atoms with Crippen LogP contribution in [0.5, 0.6) is 5.88 Å². The summed E-state index contributed by atoms with van der Waals surface area (Å²) in [5.74, 6) is 0.282. The van der Waals surface area contributed by atoms with E-state index in [0.29, 0.717) is 22.2 Å². The van der Waals surface area contributed by atoms with Crippen LogP contribution in [0.15, 0.2) is 29.1 Å². The van der Waals surface area contributed by atoms with Gasteiger partial charge in [0.05, 0.1) is 17.5 Å². The quantitative estimate of drug-likeness (QED) is 0.647. The van der Waals surface area contributed by atoms with Crippen LogP contribution in [-0.4, -0.2) is 21.5 Å². The molecule has 0 unspecified atom stereocenters. The third kappa shape index (κ3) is 2.22. The first-order chi connectivity index (χ1) is 8.24. The molecule has 1 aromatic carbocycles. The second-order valence-electron chi connectivity index (χ2n) is 3.73. The van der Waals surface area contributed by atoms with Gasteiger partial charge in [-0.25, -0.2) is 4.79 Å². The summed E-state index contributed by atoms with van der Waals surface area (Å²) in [6.07, 6.45) is 1.91. The molecule has 0 bridgehead atoms. The van der Waals surface area contributed by atoms with Crippen molar-refractivity contribution in [3.63, 3.8) is 0 Å². The number of fused-ring (bicyclic) bond motifs is 1. The zero-order valence-corrected chi connectivity index (χ0v) is 9.59. The van der Waals surface area contributed by atoms with Crippen molar-refractivity contribution in [3.05, 3.63) is 34.7 Å². The van der Waals surface area contributed by atoms with Gasteiger partial charge in [-0.05, 0) is 18.6 Å². The summed E-state index contributed by atoms with van der Waals surface area (Å²) in [6, 6.07) is 6.95. The molecule has 2 aromatic rings. The van der Waals surface area contributed by atoms with Gasteiger partial charge in [0.15, 0.2) is 0 Å². The Labute approximate surface area is 98.2 Å². The molecular weight excluding hydrogens is 220 g/mol. The number of aromatic nitrogens is 2. The van der Waals surface area contributed by atoms with Gasteiger partial charge >= 0.3 is 5.69 Å². The van der Waals surface area contributed by atoms with Crippen molar-refractivity contribution in [3.8, 4) is 5.88 Å². The van der Waals surface area contributed by atoms with Crippen molar-refractivity contribution in [1.29, 1.82) is 0 Å². The molecule has 0 aliphatic carbocycles. The van der Waals surface area contributed by atoms with Gasteiger partial charge in [0.1, 0.15) is 0 Å². The summed E-state index contributed by atoms with van der Waals surface area (Å²) >= 11 is 0. The lowest BCUT2D eigenvalue weighted by Gasteiger charge is -2.08. The molecule has 0 saturated heterocycles. The highest BCUT2D eigenvalue weighted by Crippen LogP contribution is 2.20. The SMILES string of the molecule is CCCCOc1nc(=O)n(O)c2ccccc12. The average Bonchev–Trinajstić information content (AvgIpc) is 2.36. The van der Waals surface area contributed by atoms with Crippen molar-refractivity contribution in [2.24, 2.45) is 0 Å². The Bertz CT molecular complexity index is 577. The molecule has 0 radical (unpaired) electrons. The Morgan fingerprint density at radius 2 is 2.18 bits per heavy atom. The predicted molar refractivity (Wildman–Crippen MR) is 63.6 cm³/mol. The minimum atomic E-state index is -0.727. The van der Waals surface area contributed by atoms with Crippen LogP contribution in [0.2, 0.25) is 0 Å². The molecule has 90 valence electrons. The van der Waals surface area contributed by atoms with Crippen LogP contribution in [0.1, 0.15) is 19.8 Å². The lowest BCUT2D eigenvalue weighted by atomic mass is 10.2. The van der Waals surface area contributed by atoms with Crippen LogP contribution in [0.25, 0.3) is 10.9 Å². The van der Waals surface area contributed by atoms with Crippen LogP contribution in [0.4, 0.5) is 0 Å². The van der Waals surface area contributed by atoms with Crippen LogP contribution in [0.3, 0.4) is 0 Å². The van der Waals surface area contributed by atoms with E-state index in [1.165, 1.54) is 0 Å². The van der Waals surface area contributed by atoms with Gasteiger partial charge in [-0.1, -0.05) is 25.5 Å².